The summed E-state index contributed by atoms with van der Waals surface area (Å²) in [5.74, 6) is 0.398. The summed E-state index contributed by atoms with van der Waals surface area (Å²) in [6.45, 7) is 3.59. The number of aliphatic imine (C=N–C) groups is 1. The van der Waals surface area contributed by atoms with Crippen LogP contribution in [0, 0.1) is 5.92 Å². The molecule has 1 amide bonds. The first-order valence-corrected chi connectivity index (χ1v) is 10.4. The Morgan fingerprint density at radius 3 is 2.71 bits per heavy atom. The molecule has 130 valence electrons. The zero-order valence-corrected chi connectivity index (χ0v) is 15.4. The Morgan fingerprint density at radius 1 is 1.33 bits per heavy atom. The van der Waals surface area contributed by atoms with Crippen molar-refractivity contribution in [1.29, 1.82) is 0 Å². The highest BCUT2D eigenvalue weighted by Gasteiger charge is 2.50. The van der Waals surface area contributed by atoms with Crippen molar-refractivity contribution >= 4 is 38.4 Å². The fourth-order valence-corrected chi connectivity index (χ4v) is 6.81. The Bertz CT molecular complexity index is 789. The summed E-state index contributed by atoms with van der Waals surface area (Å²) < 4.78 is 29.5. The van der Waals surface area contributed by atoms with Crippen molar-refractivity contribution in [2.45, 2.75) is 25.1 Å². The number of ether oxygens (including phenoxy) is 1. The van der Waals surface area contributed by atoms with E-state index in [1.165, 1.54) is 11.8 Å². The van der Waals surface area contributed by atoms with Gasteiger partial charge in [0, 0.05) is 11.2 Å². The number of para-hydroxylation sites is 2. The van der Waals surface area contributed by atoms with Crippen molar-refractivity contribution in [3.05, 3.63) is 24.3 Å². The molecule has 2 saturated heterocycles. The van der Waals surface area contributed by atoms with E-state index in [0.29, 0.717) is 10.9 Å². The Labute approximate surface area is 146 Å². The van der Waals surface area contributed by atoms with Gasteiger partial charge in [-0.2, -0.15) is 4.99 Å². The zero-order valence-electron chi connectivity index (χ0n) is 13.8. The van der Waals surface area contributed by atoms with Gasteiger partial charge >= 0.3 is 0 Å². The van der Waals surface area contributed by atoms with Gasteiger partial charge < -0.3 is 9.64 Å². The van der Waals surface area contributed by atoms with Crippen LogP contribution in [-0.2, 0) is 14.6 Å². The number of carbonyl (C=O) groups is 1. The van der Waals surface area contributed by atoms with Gasteiger partial charge in [0.05, 0.1) is 30.3 Å². The molecule has 0 aromatic heterocycles. The van der Waals surface area contributed by atoms with Crippen LogP contribution < -0.4 is 9.64 Å². The first-order valence-electron chi connectivity index (χ1n) is 7.74. The maximum absolute atomic E-state index is 12.1. The molecule has 24 heavy (non-hydrogen) atoms. The van der Waals surface area contributed by atoms with E-state index >= 15 is 0 Å². The third kappa shape index (κ3) is 3.17. The molecule has 2 aliphatic heterocycles. The van der Waals surface area contributed by atoms with Crippen LogP contribution in [0.15, 0.2) is 29.3 Å². The van der Waals surface area contributed by atoms with Crippen LogP contribution >= 0.6 is 11.8 Å². The molecule has 2 fully saturated rings. The molecule has 8 heteroatoms. The number of carbonyl (C=O) groups excluding carboxylic acids is 1. The number of nitrogens with zero attached hydrogens (tertiary/aromatic N) is 2. The number of thioether (sulfide) groups is 1. The van der Waals surface area contributed by atoms with E-state index in [1.54, 1.807) is 21.0 Å². The number of benzene rings is 1. The van der Waals surface area contributed by atoms with E-state index in [9.17, 15) is 13.2 Å². The van der Waals surface area contributed by atoms with Crippen LogP contribution in [0.1, 0.15) is 13.8 Å². The lowest BCUT2D eigenvalue weighted by atomic mass is 10.2. The van der Waals surface area contributed by atoms with Crippen LogP contribution in [0.5, 0.6) is 5.75 Å². The molecule has 0 aliphatic carbocycles. The molecule has 0 radical (unpaired) electrons. The van der Waals surface area contributed by atoms with Crippen molar-refractivity contribution in [2.75, 3.05) is 23.5 Å². The summed E-state index contributed by atoms with van der Waals surface area (Å²) in [5.41, 5.74) is 0.743. The summed E-state index contributed by atoms with van der Waals surface area (Å²) in [4.78, 5) is 18.2. The lowest BCUT2D eigenvalue weighted by Crippen LogP contribution is -2.38. The van der Waals surface area contributed by atoms with E-state index in [0.717, 1.165) is 5.69 Å². The Morgan fingerprint density at radius 2 is 2.04 bits per heavy atom. The molecule has 2 heterocycles. The van der Waals surface area contributed by atoms with Crippen molar-refractivity contribution in [1.82, 2.24) is 0 Å². The number of rotatable bonds is 3. The average molecular weight is 368 g/mol. The number of fused-ring (bicyclic) bond motifs is 1. The smallest absolute Gasteiger partial charge is 0.250 e. The topological polar surface area (TPSA) is 76.0 Å². The second kappa shape index (κ2) is 6.40. The van der Waals surface area contributed by atoms with Gasteiger partial charge in [0.2, 0.25) is 0 Å². The second-order valence-electron chi connectivity index (χ2n) is 6.23. The lowest BCUT2D eigenvalue weighted by molar-refractivity contribution is -0.120. The lowest BCUT2D eigenvalue weighted by Gasteiger charge is -2.26. The first kappa shape index (κ1) is 17.3. The SMILES string of the molecule is COc1ccccc1N1C(=NC(=O)C(C)C)S[C@@H]2CS(=O)(=O)C[C@H]21. The normalized spacial score (nSPS) is 26.8. The van der Waals surface area contributed by atoms with Gasteiger partial charge in [-0.1, -0.05) is 37.7 Å². The maximum atomic E-state index is 12.1. The molecule has 0 bridgehead atoms. The molecule has 1 aromatic carbocycles. The van der Waals surface area contributed by atoms with E-state index in [1.807, 2.05) is 29.2 Å². The predicted molar refractivity (Wildman–Crippen MR) is 96.6 cm³/mol. The van der Waals surface area contributed by atoms with Gasteiger partial charge in [-0.15, -0.1) is 0 Å². The van der Waals surface area contributed by atoms with E-state index < -0.39 is 9.84 Å². The number of amidine groups is 1. The number of methoxy groups -OCH3 is 1. The summed E-state index contributed by atoms with van der Waals surface area (Å²) >= 11 is 1.37. The van der Waals surface area contributed by atoms with Gasteiger partial charge in [0.1, 0.15) is 5.75 Å². The number of sulfone groups is 1. The van der Waals surface area contributed by atoms with Gasteiger partial charge in [0.25, 0.3) is 5.91 Å². The molecular weight excluding hydrogens is 348 g/mol. The zero-order chi connectivity index (χ0) is 17.5. The van der Waals surface area contributed by atoms with Crippen LogP contribution in [0.25, 0.3) is 0 Å². The van der Waals surface area contributed by atoms with Crippen molar-refractivity contribution in [3.8, 4) is 5.75 Å². The van der Waals surface area contributed by atoms with Crippen molar-refractivity contribution < 1.29 is 17.9 Å². The molecule has 1 aromatic rings. The quantitative estimate of drug-likeness (QED) is 0.812. The standard InChI is InChI=1S/C16H20N2O4S2/c1-10(2)15(19)17-16-18(11-6-4-5-7-13(11)22-3)12-8-24(20,21)9-14(12)23-16/h4-7,10,12,14H,8-9H2,1-3H3/t12-,14-/m1/s1. The van der Waals surface area contributed by atoms with Crippen LogP contribution in [0.4, 0.5) is 5.69 Å². The Kier molecular flexibility index (Phi) is 4.61. The third-order valence-electron chi connectivity index (χ3n) is 4.11. The minimum Gasteiger partial charge on any atom is -0.495 e. The highest BCUT2D eigenvalue weighted by Crippen LogP contribution is 2.43. The highest BCUT2D eigenvalue weighted by atomic mass is 32.2. The molecule has 3 rings (SSSR count). The Hall–Kier alpha value is -1.54. The summed E-state index contributed by atoms with van der Waals surface area (Å²) in [6, 6.07) is 7.17. The summed E-state index contributed by atoms with van der Waals surface area (Å²) in [6.07, 6.45) is 0. The van der Waals surface area contributed by atoms with Gasteiger partial charge in [-0.3, -0.25) is 4.79 Å². The van der Waals surface area contributed by atoms with Crippen LogP contribution in [-0.4, -0.2) is 49.4 Å². The second-order valence-corrected chi connectivity index (χ2v) is 9.59. The van der Waals surface area contributed by atoms with E-state index in [-0.39, 0.29) is 34.6 Å². The molecule has 6 nitrogen and oxygen atoms in total. The van der Waals surface area contributed by atoms with Gasteiger partial charge in [-0.25, -0.2) is 8.42 Å². The molecule has 2 aliphatic rings. The third-order valence-corrected chi connectivity index (χ3v) is 7.32. The minimum atomic E-state index is -3.08. The number of amides is 1. The summed E-state index contributed by atoms with van der Waals surface area (Å²) in [7, 11) is -1.51. The van der Waals surface area contributed by atoms with Crippen LogP contribution in [0.3, 0.4) is 0 Å². The van der Waals surface area contributed by atoms with Crippen molar-refractivity contribution in [3.63, 3.8) is 0 Å². The number of anilines is 1. The minimum absolute atomic E-state index is 0.0671. The van der Waals surface area contributed by atoms with Gasteiger partial charge in [0.15, 0.2) is 15.0 Å². The first-order chi connectivity index (χ1) is 11.3. The van der Waals surface area contributed by atoms with Crippen LogP contribution in [0.2, 0.25) is 0 Å². The molecular formula is C16H20N2O4S2. The number of hydrogen-bond acceptors (Lipinski definition) is 5. The summed E-state index contributed by atoms with van der Waals surface area (Å²) in [5, 5.41) is 0.446. The largest absolute Gasteiger partial charge is 0.495 e. The van der Waals surface area contributed by atoms with Gasteiger partial charge in [-0.05, 0) is 12.1 Å². The molecule has 0 N–H and O–H groups in total. The monoisotopic (exact) mass is 368 g/mol. The molecule has 2 atom stereocenters. The van der Waals surface area contributed by atoms with E-state index in [4.69, 9.17) is 4.74 Å². The molecule has 0 spiro atoms. The molecule has 0 unspecified atom stereocenters. The fourth-order valence-electron chi connectivity index (χ4n) is 2.90. The number of hydrogen-bond donors (Lipinski definition) is 0. The predicted octanol–water partition coefficient (Wildman–Crippen LogP) is 1.95. The fraction of sp³-hybridized carbons (Fsp3) is 0.500. The van der Waals surface area contributed by atoms with E-state index in [2.05, 4.69) is 4.99 Å². The molecule has 0 saturated carbocycles. The van der Waals surface area contributed by atoms with Crippen molar-refractivity contribution in [2.24, 2.45) is 10.9 Å². The average Bonchev–Trinajstić information content (AvgIpc) is 2.98. The highest BCUT2D eigenvalue weighted by molar-refractivity contribution is 8.16. The Balaban J connectivity index is 2.06. The maximum Gasteiger partial charge on any atom is 0.250 e.